The Morgan fingerprint density at radius 1 is 1.19 bits per heavy atom. The first-order valence-corrected chi connectivity index (χ1v) is 5.66. The topological polar surface area (TPSA) is 30.5 Å². The first-order valence-electron chi connectivity index (χ1n) is 5.66. The highest BCUT2D eigenvalue weighted by Gasteiger charge is 2.19. The molecule has 3 nitrogen and oxygen atoms in total. The number of benzene rings is 1. The van der Waals surface area contributed by atoms with Gasteiger partial charge in [0, 0.05) is 0 Å². The Balaban J connectivity index is 2.25. The molecule has 1 aromatic carbocycles. The van der Waals surface area contributed by atoms with Crippen molar-refractivity contribution in [3.63, 3.8) is 0 Å². The molecule has 3 heteroatoms. The van der Waals surface area contributed by atoms with Crippen molar-refractivity contribution in [3.05, 3.63) is 23.3 Å². The Bertz CT molecular complexity index is 372. The monoisotopic (exact) mass is 221 g/mol. The summed E-state index contributed by atoms with van der Waals surface area (Å²) in [6, 6.07) is 4.16. The maximum Gasteiger partial charge on any atom is 0.122 e. The lowest BCUT2D eigenvalue weighted by Crippen LogP contribution is -2.43. The number of nitrogens with one attached hydrogen (secondary N) is 1. The molecule has 0 aromatic heterocycles. The normalized spacial score (nSPS) is 15.7. The standard InChI is InChI=1S/C13H19NO2/c1-9-4-13(16-3)11(6-12(9)15-2)5-10-7-14-8-10/h4,6,10,14H,5,7-8H2,1-3H3. The fourth-order valence-electron chi connectivity index (χ4n) is 2.08. The van der Waals surface area contributed by atoms with Crippen LogP contribution in [0.1, 0.15) is 11.1 Å². The van der Waals surface area contributed by atoms with E-state index in [9.17, 15) is 0 Å². The summed E-state index contributed by atoms with van der Waals surface area (Å²) in [6.07, 6.45) is 1.06. The van der Waals surface area contributed by atoms with Gasteiger partial charge in [0.2, 0.25) is 0 Å². The molecule has 1 aliphatic rings. The van der Waals surface area contributed by atoms with Crippen molar-refractivity contribution in [3.8, 4) is 11.5 Å². The van der Waals surface area contributed by atoms with Crippen LogP contribution in [-0.2, 0) is 6.42 Å². The van der Waals surface area contributed by atoms with Crippen LogP contribution in [0.4, 0.5) is 0 Å². The van der Waals surface area contributed by atoms with Crippen LogP contribution in [0.5, 0.6) is 11.5 Å². The van der Waals surface area contributed by atoms with Gasteiger partial charge in [-0.15, -0.1) is 0 Å². The number of rotatable bonds is 4. The van der Waals surface area contributed by atoms with E-state index in [1.54, 1.807) is 14.2 Å². The van der Waals surface area contributed by atoms with Gasteiger partial charge in [0.25, 0.3) is 0 Å². The van der Waals surface area contributed by atoms with Gasteiger partial charge in [-0.2, -0.15) is 0 Å². The molecule has 1 N–H and O–H groups in total. The van der Waals surface area contributed by atoms with Crippen molar-refractivity contribution in [1.29, 1.82) is 0 Å². The second-order valence-corrected chi connectivity index (χ2v) is 4.36. The minimum atomic E-state index is 0.737. The molecule has 2 rings (SSSR count). The van der Waals surface area contributed by atoms with Crippen molar-refractivity contribution in [2.45, 2.75) is 13.3 Å². The van der Waals surface area contributed by atoms with E-state index in [1.165, 1.54) is 5.56 Å². The number of hydrogen-bond acceptors (Lipinski definition) is 3. The lowest BCUT2D eigenvalue weighted by atomic mass is 9.93. The molecular weight excluding hydrogens is 202 g/mol. The van der Waals surface area contributed by atoms with Crippen molar-refractivity contribution < 1.29 is 9.47 Å². The zero-order chi connectivity index (χ0) is 11.5. The highest BCUT2D eigenvalue weighted by molar-refractivity contribution is 5.46. The maximum atomic E-state index is 5.42. The van der Waals surface area contributed by atoms with Crippen LogP contribution in [0.3, 0.4) is 0 Å². The van der Waals surface area contributed by atoms with Crippen molar-refractivity contribution in [2.75, 3.05) is 27.3 Å². The first kappa shape index (κ1) is 11.3. The molecule has 0 unspecified atom stereocenters. The quantitative estimate of drug-likeness (QED) is 0.840. The van der Waals surface area contributed by atoms with Crippen LogP contribution >= 0.6 is 0 Å². The zero-order valence-electron chi connectivity index (χ0n) is 10.2. The van der Waals surface area contributed by atoms with Gasteiger partial charge in [-0.3, -0.25) is 0 Å². The van der Waals surface area contributed by atoms with Gasteiger partial charge in [0.1, 0.15) is 11.5 Å². The lowest BCUT2D eigenvalue weighted by Gasteiger charge is -2.28. The summed E-state index contributed by atoms with van der Waals surface area (Å²) < 4.78 is 10.8. The molecule has 1 heterocycles. The van der Waals surface area contributed by atoms with E-state index in [0.717, 1.165) is 42.5 Å². The Morgan fingerprint density at radius 3 is 2.38 bits per heavy atom. The highest BCUT2D eigenvalue weighted by atomic mass is 16.5. The maximum absolute atomic E-state index is 5.42. The molecule has 1 fully saturated rings. The molecular formula is C13H19NO2. The summed E-state index contributed by atoms with van der Waals surface area (Å²) >= 11 is 0. The van der Waals surface area contributed by atoms with E-state index >= 15 is 0 Å². The average molecular weight is 221 g/mol. The summed E-state index contributed by atoms with van der Waals surface area (Å²) in [6.45, 7) is 4.26. The zero-order valence-corrected chi connectivity index (χ0v) is 10.2. The molecule has 1 aliphatic heterocycles. The minimum absolute atomic E-state index is 0.737. The third-order valence-electron chi connectivity index (χ3n) is 3.17. The van der Waals surface area contributed by atoms with E-state index in [1.807, 2.05) is 6.92 Å². The van der Waals surface area contributed by atoms with Gasteiger partial charge in [-0.1, -0.05) is 0 Å². The predicted molar refractivity (Wildman–Crippen MR) is 64.3 cm³/mol. The summed E-state index contributed by atoms with van der Waals surface area (Å²) in [5.41, 5.74) is 2.37. The van der Waals surface area contributed by atoms with Crippen LogP contribution in [0.2, 0.25) is 0 Å². The van der Waals surface area contributed by atoms with Gasteiger partial charge >= 0.3 is 0 Å². The number of methoxy groups -OCH3 is 2. The summed E-state index contributed by atoms with van der Waals surface area (Å²) in [4.78, 5) is 0. The largest absolute Gasteiger partial charge is 0.496 e. The summed E-state index contributed by atoms with van der Waals surface area (Å²) in [5.74, 6) is 2.66. The molecule has 0 radical (unpaired) electrons. The van der Waals surface area contributed by atoms with Crippen LogP contribution in [-0.4, -0.2) is 27.3 Å². The molecule has 0 bridgehead atoms. The molecule has 1 saturated heterocycles. The SMILES string of the molecule is COc1cc(CC2CNC2)c(OC)cc1C. The fraction of sp³-hybridized carbons (Fsp3) is 0.538. The molecule has 0 spiro atoms. The van der Waals surface area contributed by atoms with Crippen LogP contribution < -0.4 is 14.8 Å². The van der Waals surface area contributed by atoms with Gasteiger partial charge in [0.05, 0.1) is 14.2 Å². The average Bonchev–Trinajstić information content (AvgIpc) is 2.24. The molecule has 16 heavy (non-hydrogen) atoms. The van der Waals surface area contributed by atoms with E-state index in [4.69, 9.17) is 9.47 Å². The van der Waals surface area contributed by atoms with Gasteiger partial charge in [0.15, 0.2) is 0 Å². The predicted octanol–water partition coefficient (Wildman–Crippen LogP) is 1.77. The van der Waals surface area contributed by atoms with Gasteiger partial charge in [-0.05, 0) is 55.6 Å². The van der Waals surface area contributed by atoms with E-state index in [2.05, 4.69) is 17.4 Å². The molecule has 0 amide bonds. The molecule has 0 atom stereocenters. The lowest BCUT2D eigenvalue weighted by molar-refractivity contribution is 0.337. The summed E-state index contributed by atoms with van der Waals surface area (Å²) in [7, 11) is 3.44. The van der Waals surface area contributed by atoms with Gasteiger partial charge < -0.3 is 14.8 Å². The molecule has 0 saturated carbocycles. The Labute approximate surface area is 96.8 Å². The van der Waals surface area contributed by atoms with Gasteiger partial charge in [-0.25, -0.2) is 0 Å². The first-order chi connectivity index (χ1) is 7.74. The van der Waals surface area contributed by atoms with Crippen molar-refractivity contribution in [2.24, 2.45) is 5.92 Å². The molecule has 88 valence electrons. The second kappa shape index (κ2) is 4.74. The molecule has 1 aromatic rings. The van der Waals surface area contributed by atoms with Crippen molar-refractivity contribution in [1.82, 2.24) is 5.32 Å². The Kier molecular flexibility index (Phi) is 3.34. The molecule has 0 aliphatic carbocycles. The fourth-order valence-corrected chi connectivity index (χ4v) is 2.08. The van der Waals surface area contributed by atoms with Crippen LogP contribution in [0.25, 0.3) is 0 Å². The Morgan fingerprint density at radius 2 is 1.88 bits per heavy atom. The number of ether oxygens (including phenoxy) is 2. The minimum Gasteiger partial charge on any atom is -0.496 e. The van der Waals surface area contributed by atoms with Crippen LogP contribution in [0, 0.1) is 12.8 Å². The number of hydrogen-bond donors (Lipinski definition) is 1. The Hall–Kier alpha value is -1.22. The van der Waals surface area contributed by atoms with E-state index in [0.29, 0.717) is 0 Å². The second-order valence-electron chi connectivity index (χ2n) is 4.36. The highest BCUT2D eigenvalue weighted by Crippen LogP contribution is 2.30. The van der Waals surface area contributed by atoms with E-state index in [-0.39, 0.29) is 0 Å². The van der Waals surface area contributed by atoms with Crippen LogP contribution in [0.15, 0.2) is 12.1 Å². The summed E-state index contributed by atoms with van der Waals surface area (Å²) in [5, 5.41) is 3.29. The van der Waals surface area contributed by atoms with E-state index < -0.39 is 0 Å². The third-order valence-corrected chi connectivity index (χ3v) is 3.17. The third kappa shape index (κ3) is 2.14. The smallest absolute Gasteiger partial charge is 0.122 e. The van der Waals surface area contributed by atoms with Crippen molar-refractivity contribution >= 4 is 0 Å². The number of aryl methyl sites for hydroxylation is 1.